The van der Waals surface area contributed by atoms with E-state index in [0.29, 0.717) is 4.77 Å². The van der Waals surface area contributed by atoms with E-state index in [1.165, 1.54) is 5.56 Å². The van der Waals surface area contributed by atoms with Crippen LogP contribution in [0, 0.1) is 4.77 Å². The Balaban J connectivity index is 1.95. The Hall–Kier alpha value is -2.47. The van der Waals surface area contributed by atoms with E-state index in [4.69, 9.17) is 12.2 Å². The van der Waals surface area contributed by atoms with Gasteiger partial charge >= 0.3 is 0 Å². The summed E-state index contributed by atoms with van der Waals surface area (Å²) in [6, 6.07) is 13.9. The molecule has 0 fully saturated rings. The summed E-state index contributed by atoms with van der Waals surface area (Å²) in [6.45, 7) is 0.731. The summed E-state index contributed by atoms with van der Waals surface area (Å²) < 4.78 is 2.51. The van der Waals surface area contributed by atoms with Crippen molar-refractivity contribution in [3.63, 3.8) is 0 Å². The summed E-state index contributed by atoms with van der Waals surface area (Å²) in [5.74, 6) is 0.781. The lowest BCUT2D eigenvalue weighted by Crippen LogP contribution is -2.20. The molecule has 0 atom stereocenters. The lowest BCUT2D eigenvalue weighted by molar-refractivity contribution is 0.841. The maximum absolute atomic E-state index is 5.35. The largest absolute Gasteiger partial charge is 0.339 e. The number of H-pyrrole nitrogens is 1. The van der Waals surface area contributed by atoms with E-state index in [2.05, 4.69) is 20.1 Å². The second kappa shape index (κ2) is 5.88. The first-order chi connectivity index (χ1) is 10.3. The Labute approximate surface area is 127 Å². The molecule has 0 aliphatic heterocycles. The van der Waals surface area contributed by atoms with Crippen LogP contribution >= 0.6 is 12.2 Å². The Morgan fingerprint density at radius 2 is 1.86 bits per heavy atom. The minimum atomic E-state index is 0.581. The van der Waals surface area contributed by atoms with Gasteiger partial charge in [-0.2, -0.15) is 0 Å². The van der Waals surface area contributed by atoms with Gasteiger partial charge in [0.25, 0.3) is 0 Å². The van der Waals surface area contributed by atoms with Gasteiger partial charge in [0.1, 0.15) is 0 Å². The highest BCUT2D eigenvalue weighted by Gasteiger charge is 2.12. The van der Waals surface area contributed by atoms with Crippen LogP contribution in [0.25, 0.3) is 5.69 Å². The van der Waals surface area contributed by atoms with Gasteiger partial charge in [-0.25, -0.2) is 5.10 Å². The minimum Gasteiger partial charge on any atom is -0.339 e. The lowest BCUT2D eigenvalue weighted by atomic mass is 10.2. The molecule has 0 spiro atoms. The Morgan fingerprint density at radius 3 is 2.57 bits per heavy atom. The molecule has 1 N–H and O–H groups in total. The van der Waals surface area contributed by atoms with E-state index in [1.807, 2.05) is 54.1 Å². The van der Waals surface area contributed by atoms with Crippen molar-refractivity contribution in [1.29, 1.82) is 0 Å². The normalized spacial score (nSPS) is 10.5. The SMILES string of the molecule is CN(Cc1ccncc1)c1n[nH]c(=S)n1-c1ccccc1. The van der Waals surface area contributed by atoms with Crippen LogP contribution in [-0.2, 0) is 6.54 Å². The molecule has 0 bridgehead atoms. The van der Waals surface area contributed by atoms with Crippen LogP contribution < -0.4 is 4.90 Å². The number of pyridine rings is 1. The second-order valence-electron chi connectivity index (χ2n) is 4.71. The first-order valence-corrected chi connectivity index (χ1v) is 6.99. The van der Waals surface area contributed by atoms with E-state index in [-0.39, 0.29) is 0 Å². The van der Waals surface area contributed by atoms with Crippen molar-refractivity contribution >= 4 is 18.2 Å². The molecule has 3 aromatic rings. The first kappa shape index (κ1) is 13.5. The molecular formula is C15H15N5S. The number of rotatable bonds is 4. The standard InChI is InChI=1S/C15H15N5S/c1-19(11-12-7-9-16-10-8-12)14-17-18-15(21)20(14)13-5-3-2-4-6-13/h2-10H,11H2,1H3,(H,18,21). The highest BCUT2D eigenvalue weighted by atomic mass is 32.1. The highest BCUT2D eigenvalue weighted by molar-refractivity contribution is 7.71. The molecule has 5 nitrogen and oxygen atoms in total. The zero-order chi connectivity index (χ0) is 14.7. The van der Waals surface area contributed by atoms with Gasteiger partial charge in [-0.15, -0.1) is 5.10 Å². The number of hydrogen-bond donors (Lipinski definition) is 1. The third kappa shape index (κ3) is 2.85. The van der Waals surface area contributed by atoms with Gasteiger partial charge in [-0.1, -0.05) is 18.2 Å². The number of nitrogens with one attached hydrogen (secondary N) is 1. The summed E-state index contributed by atoms with van der Waals surface area (Å²) in [5.41, 5.74) is 2.16. The molecule has 3 rings (SSSR count). The van der Waals surface area contributed by atoms with Crippen molar-refractivity contribution in [2.45, 2.75) is 6.54 Å². The van der Waals surface area contributed by atoms with Crippen molar-refractivity contribution in [3.05, 3.63) is 65.2 Å². The maximum atomic E-state index is 5.35. The van der Waals surface area contributed by atoms with Crippen molar-refractivity contribution in [2.24, 2.45) is 0 Å². The van der Waals surface area contributed by atoms with Crippen LogP contribution in [0.3, 0.4) is 0 Å². The van der Waals surface area contributed by atoms with E-state index in [9.17, 15) is 0 Å². The Morgan fingerprint density at radius 1 is 1.14 bits per heavy atom. The second-order valence-corrected chi connectivity index (χ2v) is 5.10. The van der Waals surface area contributed by atoms with Crippen LogP contribution in [0.5, 0.6) is 0 Å². The molecule has 0 aliphatic carbocycles. The van der Waals surface area contributed by atoms with Crippen LogP contribution in [0.15, 0.2) is 54.9 Å². The molecule has 0 radical (unpaired) electrons. The molecule has 21 heavy (non-hydrogen) atoms. The average molecular weight is 297 g/mol. The smallest absolute Gasteiger partial charge is 0.230 e. The quantitative estimate of drug-likeness (QED) is 0.752. The predicted octanol–water partition coefficient (Wildman–Crippen LogP) is 2.96. The molecule has 1 aromatic carbocycles. The number of nitrogens with zero attached hydrogens (tertiary/aromatic N) is 4. The molecule has 0 saturated carbocycles. The zero-order valence-electron chi connectivity index (χ0n) is 11.6. The summed E-state index contributed by atoms with van der Waals surface area (Å²) in [5, 5.41) is 7.21. The molecule has 106 valence electrons. The van der Waals surface area contributed by atoms with Crippen molar-refractivity contribution in [1.82, 2.24) is 19.7 Å². The predicted molar refractivity (Wildman–Crippen MR) is 85.1 cm³/mol. The monoisotopic (exact) mass is 297 g/mol. The maximum Gasteiger partial charge on any atom is 0.230 e. The Bertz CT molecular complexity index is 764. The van der Waals surface area contributed by atoms with Gasteiger partial charge in [0.15, 0.2) is 0 Å². The van der Waals surface area contributed by atoms with Crippen LogP contribution in [0.1, 0.15) is 5.56 Å². The molecule has 6 heteroatoms. The third-order valence-electron chi connectivity index (χ3n) is 3.18. The molecule has 0 aliphatic rings. The summed E-state index contributed by atoms with van der Waals surface area (Å²) in [6.07, 6.45) is 3.58. The molecule has 0 amide bonds. The van der Waals surface area contributed by atoms with Gasteiger partial charge in [0.05, 0.1) is 5.69 Å². The van der Waals surface area contributed by atoms with Crippen molar-refractivity contribution in [2.75, 3.05) is 11.9 Å². The number of anilines is 1. The number of hydrogen-bond acceptors (Lipinski definition) is 4. The molecule has 2 heterocycles. The van der Waals surface area contributed by atoms with Gasteiger partial charge in [-0.3, -0.25) is 9.55 Å². The topological polar surface area (TPSA) is 49.7 Å². The summed E-state index contributed by atoms with van der Waals surface area (Å²) in [4.78, 5) is 6.08. The number of aromatic amines is 1. The summed E-state index contributed by atoms with van der Waals surface area (Å²) >= 11 is 5.35. The van der Waals surface area contributed by atoms with E-state index >= 15 is 0 Å². The number of para-hydroxylation sites is 1. The zero-order valence-corrected chi connectivity index (χ0v) is 12.4. The fourth-order valence-corrected chi connectivity index (χ4v) is 2.42. The molecular weight excluding hydrogens is 282 g/mol. The average Bonchev–Trinajstić information content (AvgIpc) is 2.91. The molecule has 0 saturated heterocycles. The minimum absolute atomic E-state index is 0.581. The lowest BCUT2D eigenvalue weighted by Gasteiger charge is -2.18. The van der Waals surface area contributed by atoms with Crippen LogP contribution in [0.4, 0.5) is 5.95 Å². The fraction of sp³-hybridized carbons (Fsp3) is 0.133. The highest BCUT2D eigenvalue weighted by Crippen LogP contribution is 2.18. The van der Waals surface area contributed by atoms with E-state index in [0.717, 1.165) is 18.2 Å². The number of benzene rings is 1. The molecule has 2 aromatic heterocycles. The first-order valence-electron chi connectivity index (χ1n) is 6.58. The van der Waals surface area contributed by atoms with Crippen molar-refractivity contribution < 1.29 is 0 Å². The summed E-state index contributed by atoms with van der Waals surface area (Å²) in [7, 11) is 1.99. The fourth-order valence-electron chi connectivity index (χ4n) is 2.19. The van der Waals surface area contributed by atoms with Gasteiger partial charge in [-0.05, 0) is 42.0 Å². The number of aromatic nitrogens is 4. The van der Waals surface area contributed by atoms with Gasteiger partial charge in [0, 0.05) is 26.0 Å². The van der Waals surface area contributed by atoms with E-state index in [1.54, 1.807) is 12.4 Å². The van der Waals surface area contributed by atoms with Gasteiger partial charge < -0.3 is 4.90 Å². The molecule has 0 unspecified atom stereocenters. The Kier molecular flexibility index (Phi) is 3.79. The van der Waals surface area contributed by atoms with E-state index < -0.39 is 0 Å². The van der Waals surface area contributed by atoms with Crippen LogP contribution in [0.2, 0.25) is 0 Å². The van der Waals surface area contributed by atoms with Crippen molar-refractivity contribution in [3.8, 4) is 5.69 Å². The third-order valence-corrected chi connectivity index (χ3v) is 3.45. The van der Waals surface area contributed by atoms with Crippen LogP contribution in [-0.4, -0.2) is 26.8 Å². The van der Waals surface area contributed by atoms with Gasteiger partial charge in [0.2, 0.25) is 10.7 Å².